The Morgan fingerprint density at radius 3 is 2.33 bits per heavy atom. The molecule has 9 nitrogen and oxygen atoms in total. The van der Waals surface area contributed by atoms with Crippen LogP contribution in [-0.4, -0.2) is 52.5 Å². The van der Waals surface area contributed by atoms with Crippen molar-refractivity contribution in [3.63, 3.8) is 0 Å². The Hall–Kier alpha value is -4.90. The van der Waals surface area contributed by atoms with Gasteiger partial charge in [0.05, 0.1) is 48.4 Å². The first-order chi connectivity index (χ1) is 19.1. The zero-order valence-electron chi connectivity index (χ0n) is 21.5. The first kappa shape index (κ1) is 26.7. The molecule has 204 valence electrons. The van der Waals surface area contributed by atoms with Gasteiger partial charge in [-0.25, -0.2) is 8.78 Å². The van der Waals surface area contributed by atoms with Crippen LogP contribution in [0.2, 0.25) is 0 Å². The Morgan fingerprint density at radius 1 is 1.10 bits per heavy atom. The Kier molecular flexibility index (Phi) is 6.90. The summed E-state index contributed by atoms with van der Waals surface area (Å²) in [6.07, 6.45) is 3.32. The molecule has 1 aliphatic heterocycles. The maximum atomic E-state index is 14.2. The minimum Gasteiger partial charge on any atom is -0.374 e. The van der Waals surface area contributed by atoms with E-state index in [9.17, 15) is 23.2 Å². The first-order valence-electron chi connectivity index (χ1n) is 12.3. The van der Waals surface area contributed by atoms with Gasteiger partial charge in [0, 0.05) is 23.0 Å². The number of hydrogen-bond donors (Lipinski definition) is 3. The second-order valence-electron chi connectivity index (χ2n) is 9.59. The van der Waals surface area contributed by atoms with Gasteiger partial charge < -0.3 is 25.5 Å². The summed E-state index contributed by atoms with van der Waals surface area (Å²) in [7, 11) is 0. The zero-order valence-corrected chi connectivity index (χ0v) is 21.5. The van der Waals surface area contributed by atoms with E-state index < -0.39 is 29.2 Å². The fourth-order valence-electron chi connectivity index (χ4n) is 4.53. The molecule has 2 aromatic carbocycles. The molecule has 1 aliphatic rings. The summed E-state index contributed by atoms with van der Waals surface area (Å²) in [5.74, 6) is -3.18. The number of aromatic nitrogens is 2. The highest BCUT2D eigenvalue weighted by molar-refractivity contribution is 6.11. The molecule has 4 N–H and O–H groups in total. The number of anilines is 1. The van der Waals surface area contributed by atoms with E-state index in [4.69, 9.17) is 10.5 Å². The van der Waals surface area contributed by atoms with Crippen LogP contribution in [-0.2, 0) is 9.53 Å². The van der Waals surface area contributed by atoms with Crippen LogP contribution in [0, 0.1) is 6.92 Å². The number of rotatable bonds is 8. The molecule has 4 aromatic rings. The number of alkyl halides is 1. The number of carbonyl (C=O) groups excluding carboxylic acids is 3. The predicted molar refractivity (Wildman–Crippen MR) is 145 cm³/mol. The molecule has 0 spiro atoms. The average molecular weight is 546 g/mol. The van der Waals surface area contributed by atoms with Crippen LogP contribution in [0.3, 0.4) is 0 Å². The molecule has 3 amide bonds. The summed E-state index contributed by atoms with van der Waals surface area (Å²) in [5.41, 5.74) is 8.74. The van der Waals surface area contributed by atoms with Crippen LogP contribution < -0.4 is 16.4 Å². The second kappa shape index (κ2) is 10.3. The average Bonchev–Trinajstić information content (AvgIpc) is 3.25. The van der Waals surface area contributed by atoms with E-state index in [1.165, 1.54) is 0 Å². The van der Waals surface area contributed by atoms with E-state index in [-0.39, 0.29) is 25.3 Å². The van der Waals surface area contributed by atoms with Crippen molar-refractivity contribution in [2.45, 2.75) is 12.6 Å². The highest BCUT2D eigenvalue weighted by Gasteiger charge is 2.39. The summed E-state index contributed by atoms with van der Waals surface area (Å²) in [6, 6.07) is 13.1. The molecule has 0 atom stereocenters. The summed E-state index contributed by atoms with van der Waals surface area (Å²) < 4.78 is 34.0. The summed E-state index contributed by atoms with van der Waals surface area (Å²) in [4.78, 5) is 41.4. The lowest BCUT2D eigenvalue weighted by Crippen LogP contribution is -2.53. The van der Waals surface area contributed by atoms with Crippen molar-refractivity contribution >= 4 is 28.9 Å². The third kappa shape index (κ3) is 5.06. The zero-order chi connectivity index (χ0) is 28.6. The molecule has 0 bridgehead atoms. The van der Waals surface area contributed by atoms with Gasteiger partial charge in [-0.15, -0.1) is 0 Å². The number of primary amides is 1. The number of amides is 3. The van der Waals surface area contributed by atoms with E-state index in [0.717, 1.165) is 0 Å². The van der Waals surface area contributed by atoms with Gasteiger partial charge in [0.25, 0.3) is 17.7 Å². The number of hydrogen-bond acceptors (Lipinski definition) is 5. The van der Waals surface area contributed by atoms with E-state index in [1.807, 2.05) is 0 Å². The maximum Gasteiger partial charge on any atom is 0.283 e. The molecule has 40 heavy (non-hydrogen) atoms. The molecule has 2 aromatic heterocycles. The van der Waals surface area contributed by atoms with Gasteiger partial charge >= 0.3 is 0 Å². The van der Waals surface area contributed by atoms with Crippen molar-refractivity contribution in [2.24, 2.45) is 5.73 Å². The third-order valence-electron chi connectivity index (χ3n) is 6.58. The Morgan fingerprint density at radius 2 is 1.75 bits per heavy atom. The molecule has 0 unspecified atom stereocenters. The van der Waals surface area contributed by atoms with E-state index in [2.05, 4.69) is 22.2 Å². The smallest absolute Gasteiger partial charge is 0.283 e. The highest BCUT2D eigenvalue weighted by atomic mass is 19.1. The standard InChI is InChI=1S/C29H25F2N5O4/c1-16-12-36-22(11-33-16)24(26(32)37)23(25(36)19-7-9-21(10-8-19)35-27(38)17(2)30)18-3-5-20(6-4-18)28(39)34-13-29(31)14-40-15-29/h3-12H,2,13-15H2,1H3,(H2,32,37)(H,34,39)(H,35,38). The van der Waals surface area contributed by atoms with Crippen molar-refractivity contribution in [3.8, 4) is 22.4 Å². The second-order valence-corrected chi connectivity index (χ2v) is 9.59. The number of fused-ring (bicyclic) bond motifs is 1. The summed E-state index contributed by atoms with van der Waals surface area (Å²) in [6.45, 7) is 4.53. The lowest BCUT2D eigenvalue weighted by Gasteiger charge is -2.33. The maximum absolute atomic E-state index is 14.2. The first-order valence-corrected chi connectivity index (χ1v) is 12.3. The van der Waals surface area contributed by atoms with Crippen LogP contribution in [0.5, 0.6) is 0 Å². The van der Waals surface area contributed by atoms with Crippen LogP contribution in [0.15, 0.2) is 73.3 Å². The van der Waals surface area contributed by atoms with Gasteiger partial charge in [-0.1, -0.05) is 30.8 Å². The molecule has 11 heteroatoms. The molecule has 0 saturated carbocycles. The largest absolute Gasteiger partial charge is 0.374 e. The molecule has 1 saturated heterocycles. The van der Waals surface area contributed by atoms with Crippen LogP contribution in [0.1, 0.15) is 26.4 Å². The highest BCUT2D eigenvalue weighted by Crippen LogP contribution is 2.39. The van der Waals surface area contributed by atoms with Crippen LogP contribution in [0.4, 0.5) is 14.5 Å². The van der Waals surface area contributed by atoms with Crippen molar-refractivity contribution < 1.29 is 27.9 Å². The van der Waals surface area contributed by atoms with Gasteiger partial charge in [-0.3, -0.25) is 19.4 Å². The SMILES string of the molecule is C=C(F)C(=O)Nc1ccc(-c2c(-c3ccc(C(=O)NCC4(F)COC4)cc3)c(C(N)=O)c3cnc(C)cn23)cc1. The molecule has 5 rings (SSSR count). The number of aryl methyl sites for hydroxylation is 1. The number of ether oxygens (including phenoxy) is 1. The number of nitrogens with zero attached hydrogens (tertiary/aromatic N) is 2. The van der Waals surface area contributed by atoms with Crippen LogP contribution in [0.25, 0.3) is 27.9 Å². The molecule has 0 aliphatic carbocycles. The predicted octanol–water partition coefficient (Wildman–Crippen LogP) is 3.97. The fourth-order valence-corrected chi connectivity index (χ4v) is 4.53. The van der Waals surface area contributed by atoms with Gasteiger partial charge in [0.2, 0.25) is 0 Å². The minimum atomic E-state index is -1.56. The fraction of sp³-hybridized carbons (Fsp3) is 0.172. The van der Waals surface area contributed by atoms with Gasteiger partial charge in [-0.05, 0) is 42.3 Å². The lowest BCUT2D eigenvalue weighted by molar-refractivity contribution is -0.126. The third-order valence-corrected chi connectivity index (χ3v) is 6.58. The molecular formula is C29H25F2N5O4. The van der Waals surface area contributed by atoms with Gasteiger partial charge in [-0.2, -0.15) is 0 Å². The van der Waals surface area contributed by atoms with Crippen LogP contribution >= 0.6 is 0 Å². The number of benzene rings is 2. The van der Waals surface area contributed by atoms with Gasteiger partial charge in [0.1, 0.15) is 0 Å². The van der Waals surface area contributed by atoms with E-state index in [1.54, 1.807) is 72.2 Å². The Bertz CT molecular complexity index is 1660. The summed E-state index contributed by atoms with van der Waals surface area (Å²) in [5, 5.41) is 4.99. The number of halogens is 2. The molecule has 0 radical (unpaired) electrons. The van der Waals surface area contributed by atoms with Gasteiger partial charge in [0.15, 0.2) is 11.5 Å². The topological polar surface area (TPSA) is 128 Å². The molecule has 3 heterocycles. The Labute approximate surface area is 227 Å². The van der Waals surface area contributed by atoms with Crippen molar-refractivity contribution in [1.29, 1.82) is 0 Å². The Balaban J connectivity index is 1.57. The normalized spacial score (nSPS) is 13.9. The van der Waals surface area contributed by atoms with E-state index >= 15 is 0 Å². The summed E-state index contributed by atoms with van der Waals surface area (Å²) >= 11 is 0. The van der Waals surface area contributed by atoms with Crippen molar-refractivity contribution in [2.75, 3.05) is 25.1 Å². The minimum absolute atomic E-state index is 0.0556. The van der Waals surface area contributed by atoms with E-state index in [0.29, 0.717) is 44.8 Å². The number of nitrogens with one attached hydrogen (secondary N) is 2. The lowest BCUT2D eigenvalue weighted by atomic mass is 9.96. The monoisotopic (exact) mass is 545 g/mol. The molecule has 1 fully saturated rings. The van der Waals surface area contributed by atoms with Crippen molar-refractivity contribution in [3.05, 3.63) is 90.2 Å². The number of carbonyl (C=O) groups is 3. The van der Waals surface area contributed by atoms with Crippen molar-refractivity contribution in [1.82, 2.24) is 14.7 Å². The molecular weight excluding hydrogens is 520 g/mol. The quantitative estimate of drug-likeness (QED) is 0.289. The number of nitrogens with two attached hydrogens (primary N) is 1.